The van der Waals surface area contributed by atoms with Crippen LogP contribution >= 0.6 is 0 Å². The molecule has 0 fully saturated rings. The first-order valence-electron chi connectivity index (χ1n) is 14.6. The lowest BCUT2D eigenvalue weighted by atomic mass is 10.0. The molecule has 278 valence electrons. The highest BCUT2D eigenvalue weighted by Gasteiger charge is 2.24. The van der Waals surface area contributed by atoms with E-state index in [1.165, 1.54) is 6.07 Å². The number of amides is 3. The van der Waals surface area contributed by atoms with E-state index in [2.05, 4.69) is 10.6 Å². The zero-order chi connectivity index (χ0) is 38.9. The molecule has 11 N–H and O–H groups in total. The molecule has 0 aliphatic carbocycles. The van der Waals surface area contributed by atoms with Crippen LogP contribution in [0.2, 0.25) is 0 Å². The minimum atomic E-state index is -1.51. The number of carboxylic acid groups (broad SMARTS) is 6. The summed E-state index contributed by atoms with van der Waals surface area (Å²) in [6.07, 6.45) is -2.11. The maximum Gasteiger partial charge on any atom is 0.408 e. The van der Waals surface area contributed by atoms with Crippen molar-refractivity contribution in [3.05, 3.63) is 71.3 Å². The number of aliphatic carboxylic acids is 5. The average Bonchev–Trinajstić information content (AvgIpc) is 3.07. The van der Waals surface area contributed by atoms with Crippen molar-refractivity contribution in [3.8, 4) is 0 Å². The topological polar surface area (TPSA) is 346 Å². The van der Waals surface area contributed by atoms with Crippen LogP contribution in [0.1, 0.15) is 47.2 Å². The Hall–Kier alpha value is -6.57. The number of aryl methyl sites for hydroxylation is 1. The fourth-order valence-electron chi connectivity index (χ4n) is 3.49. The number of benzene rings is 2. The van der Waals surface area contributed by atoms with E-state index in [-0.39, 0.29) is 44.4 Å². The van der Waals surface area contributed by atoms with Crippen LogP contribution in [0.3, 0.4) is 0 Å². The lowest BCUT2D eigenvalue weighted by Crippen LogP contribution is -2.46. The molecule has 2 aromatic carbocycles. The quantitative estimate of drug-likeness (QED) is 0.0947. The molecule has 51 heavy (non-hydrogen) atoms. The van der Waals surface area contributed by atoms with E-state index in [4.69, 9.17) is 41.1 Å². The summed E-state index contributed by atoms with van der Waals surface area (Å²) in [5.74, 6) is -8.48. The molecule has 0 heterocycles. The number of alkyl carbamates (subject to hydrolysis) is 1. The fourth-order valence-corrected chi connectivity index (χ4v) is 3.49. The molecular weight excluding hydrogens is 684 g/mol. The molecule has 0 radical (unpaired) electrons. The molecule has 0 unspecified atom stereocenters. The van der Waals surface area contributed by atoms with E-state index < -0.39 is 78.8 Å². The number of nitrogens with two attached hydrogens (primary N) is 1. The van der Waals surface area contributed by atoms with Gasteiger partial charge in [0.15, 0.2) is 0 Å². The number of rotatable bonds is 18. The Labute approximate surface area is 289 Å². The van der Waals surface area contributed by atoms with Gasteiger partial charge in [0.05, 0.1) is 25.1 Å². The number of carbonyl (C=O) groups is 9. The van der Waals surface area contributed by atoms with Gasteiger partial charge in [-0.05, 0) is 30.0 Å². The average molecular weight is 723 g/mol. The zero-order valence-electron chi connectivity index (χ0n) is 26.9. The second-order valence-electron chi connectivity index (χ2n) is 9.92. The summed E-state index contributed by atoms with van der Waals surface area (Å²) in [7, 11) is 0. The molecular formula is C31H38N4O16. The summed E-state index contributed by atoms with van der Waals surface area (Å²) in [4.78, 5) is 96.5. The predicted octanol–water partition coefficient (Wildman–Crippen LogP) is -0.262. The van der Waals surface area contributed by atoms with Gasteiger partial charge in [-0.1, -0.05) is 48.5 Å². The number of nitrogens with one attached hydrogen (secondary N) is 3. The lowest BCUT2D eigenvalue weighted by molar-refractivity contribution is -0.145. The standard InChI is InChI=1S/C12H13NO6.C10H10O4.C9H15N3O6/c14-10(15)6-9(11(16)17)13-12(18)19-7-8-4-2-1-3-5-8;11-9(12)6-5-7-3-1-2-4-8(7)10(13)14;10-3-6(13)11-4-7(14)12-5(9(17)18)1-2-8(15)16/h1-5,9H,6-7H2,(H,13,18)(H,14,15)(H,16,17);1-4H,5-6H2,(H,11,12)(H,13,14);5H,1-4,10H2,(H,11,13)(H,12,14)(H,15,16)(H,17,18)/t9-;;5-/m0.0/s1. The monoisotopic (exact) mass is 722 g/mol. The molecule has 2 aromatic rings. The Morgan fingerprint density at radius 2 is 1.24 bits per heavy atom. The largest absolute Gasteiger partial charge is 0.481 e. The Bertz CT molecular complexity index is 1520. The molecule has 0 aromatic heterocycles. The maximum atomic E-state index is 11.3. The predicted molar refractivity (Wildman–Crippen MR) is 171 cm³/mol. The van der Waals surface area contributed by atoms with Gasteiger partial charge in [-0.3, -0.25) is 24.0 Å². The van der Waals surface area contributed by atoms with Crippen molar-refractivity contribution >= 4 is 53.7 Å². The number of hydrogen-bond donors (Lipinski definition) is 10. The molecule has 3 amide bonds. The third kappa shape index (κ3) is 21.8. The van der Waals surface area contributed by atoms with Crippen molar-refractivity contribution in [2.75, 3.05) is 13.1 Å². The summed E-state index contributed by atoms with van der Waals surface area (Å²) in [5.41, 5.74) is 6.46. The zero-order valence-corrected chi connectivity index (χ0v) is 26.9. The third-order valence-corrected chi connectivity index (χ3v) is 5.95. The van der Waals surface area contributed by atoms with Crippen LogP contribution in [0.25, 0.3) is 0 Å². The summed E-state index contributed by atoms with van der Waals surface area (Å²) >= 11 is 0. The maximum absolute atomic E-state index is 11.3. The number of carbonyl (C=O) groups excluding carboxylic acids is 3. The second-order valence-corrected chi connectivity index (χ2v) is 9.92. The summed E-state index contributed by atoms with van der Waals surface area (Å²) in [6.45, 7) is -0.715. The van der Waals surface area contributed by atoms with Crippen LogP contribution in [0.5, 0.6) is 0 Å². The molecule has 0 aliphatic heterocycles. The van der Waals surface area contributed by atoms with Crippen molar-refractivity contribution in [3.63, 3.8) is 0 Å². The second kappa shape index (κ2) is 24.6. The number of carboxylic acids is 6. The smallest absolute Gasteiger partial charge is 0.408 e. The van der Waals surface area contributed by atoms with Crippen molar-refractivity contribution in [2.24, 2.45) is 5.73 Å². The summed E-state index contributed by atoms with van der Waals surface area (Å²) < 4.78 is 4.78. The first-order chi connectivity index (χ1) is 24.0. The van der Waals surface area contributed by atoms with Gasteiger partial charge in [0.2, 0.25) is 11.8 Å². The highest BCUT2D eigenvalue weighted by molar-refractivity contribution is 5.90. The molecule has 0 saturated carbocycles. The lowest BCUT2D eigenvalue weighted by Gasteiger charge is -2.13. The van der Waals surface area contributed by atoms with Crippen LogP contribution in [-0.2, 0) is 51.3 Å². The van der Waals surface area contributed by atoms with Gasteiger partial charge in [0.25, 0.3) is 0 Å². The van der Waals surface area contributed by atoms with Crippen LogP contribution < -0.4 is 21.7 Å². The Morgan fingerprint density at radius 3 is 1.75 bits per heavy atom. The normalized spacial score (nSPS) is 10.9. The Morgan fingerprint density at radius 1 is 0.667 bits per heavy atom. The van der Waals surface area contributed by atoms with Crippen LogP contribution in [0.15, 0.2) is 54.6 Å². The van der Waals surface area contributed by atoms with Crippen molar-refractivity contribution in [2.45, 2.75) is 50.8 Å². The summed E-state index contributed by atoms with van der Waals surface area (Å²) in [5, 5.41) is 57.8. The van der Waals surface area contributed by atoms with E-state index in [1.54, 1.807) is 48.5 Å². The van der Waals surface area contributed by atoms with Gasteiger partial charge in [-0.25, -0.2) is 19.2 Å². The number of ether oxygens (including phenoxy) is 1. The first kappa shape index (κ1) is 44.4. The van der Waals surface area contributed by atoms with Crippen molar-refractivity contribution < 1.29 is 78.5 Å². The van der Waals surface area contributed by atoms with Gasteiger partial charge in [-0.2, -0.15) is 0 Å². The van der Waals surface area contributed by atoms with E-state index in [9.17, 15) is 43.2 Å². The minimum Gasteiger partial charge on any atom is -0.481 e. The van der Waals surface area contributed by atoms with Gasteiger partial charge in [0, 0.05) is 12.8 Å². The van der Waals surface area contributed by atoms with E-state index in [1.807, 2.05) is 5.32 Å². The van der Waals surface area contributed by atoms with E-state index in [0.717, 1.165) is 5.56 Å². The highest BCUT2D eigenvalue weighted by atomic mass is 16.5. The molecule has 0 saturated heterocycles. The number of hydrogen-bond acceptors (Lipinski definition) is 11. The molecule has 0 aliphatic rings. The Kier molecular flexibility index (Phi) is 21.4. The molecule has 20 nitrogen and oxygen atoms in total. The highest BCUT2D eigenvalue weighted by Crippen LogP contribution is 2.11. The molecule has 20 heteroatoms. The SMILES string of the molecule is NCC(=O)NCC(=O)N[C@@H](CCC(=O)O)C(=O)O.O=C(O)CCc1ccccc1C(=O)O.O=C(O)C[C@H](NC(=O)OCc1ccccc1)C(=O)O. The van der Waals surface area contributed by atoms with Gasteiger partial charge in [-0.15, -0.1) is 0 Å². The van der Waals surface area contributed by atoms with E-state index in [0.29, 0.717) is 5.56 Å². The van der Waals surface area contributed by atoms with Crippen LogP contribution in [0.4, 0.5) is 4.79 Å². The number of aromatic carboxylic acids is 1. The van der Waals surface area contributed by atoms with Gasteiger partial charge in [0.1, 0.15) is 18.7 Å². The Balaban J connectivity index is 0.000000744. The van der Waals surface area contributed by atoms with Gasteiger partial charge < -0.3 is 57.1 Å². The molecule has 0 spiro atoms. The molecule has 2 atom stereocenters. The minimum absolute atomic E-state index is 0.0217. The fraction of sp³-hybridized carbons (Fsp3) is 0.323. The summed E-state index contributed by atoms with van der Waals surface area (Å²) in [6, 6.07) is 12.4. The van der Waals surface area contributed by atoms with Crippen LogP contribution in [-0.4, -0.2) is 110 Å². The van der Waals surface area contributed by atoms with Crippen molar-refractivity contribution in [1.82, 2.24) is 16.0 Å². The third-order valence-electron chi connectivity index (χ3n) is 5.95. The van der Waals surface area contributed by atoms with Crippen molar-refractivity contribution in [1.29, 1.82) is 0 Å². The molecule has 0 bridgehead atoms. The van der Waals surface area contributed by atoms with Crippen LogP contribution in [0, 0.1) is 0 Å². The van der Waals surface area contributed by atoms with Gasteiger partial charge >= 0.3 is 41.9 Å². The first-order valence-corrected chi connectivity index (χ1v) is 14.6. The molecule has 2 rings (SSSR count). The van der Waals surface area contributed by atoms with E-state index >= 15 is 0 Å².